The predicted molar refractivity (Wildman–Crippen MR) is 49.7 cm³/mol. The zero-order valence-corrected chi connectivity index (χ0v) is 8.74. The number of aromatic nitrogens is 1. The summed E-state index contributed by atoms with van der Waals surface area (Å²) in [5, 5.41) is 0.522. The van der Waals surface area contributed by atoms with Crippen LogP contribution in [-0.4, -0.2) is 4.98 Å². The molecule has 0 unspecified atom stereocenters. The van der Waals surface area contributed by atoms with Crippen LogP contribution in [-0.2, 0) is 0 Å². The van der Waals surface area contributed by atoms with Crippen molar-refractivity contribution in [2.75, 3.05) is 0 Å². The van der Waals surface area contributed by atoms with Crippen molar-refractivity contribution in [3.05, 3.63) is 25.5 Å². The third kappa shape index (κ3) is 2.39. The van der Waals surface area contributed by atoms with Gasteiger partial charge in [0, 0.05) is 4.47 Å². The SMILES string of the molecule is Clc1cc(Br)cc(I)n1. The fourth-order valence-electron chi connectivity index (χ4n) is 0.436. The van der Waals surface area contributed by atoms with E-state index in [-0.39, 0.29) is 0 Å². The van der Waals surface area contributed by atoms with Gasteiger partial charge in [0.15, 0.2) is 0 Å². The highest BCUT2D eigenvalue weighted by atomic mass is 127. The normalized spacial score (nSPS) is 9.67. The molecule has 1 aromatic heterocycles. The van der Waals surface area contributed by atoms with E-state index in [0.717, 1.165) is 8.17 Å². The first-order valence-electron chi connectivity index (χ1n) is 2.17. The van der Waals surface area contributed by atoms with Gasteiger partial charge < -0.3 is 0 Å². The molecule has 9 heavy (non-hydrogen) atoms. The number of hydrogen-bond acceptors (Lipinski definition) is 1. The highest BCUT2D eigenvalue weighted by Gasteiger charge is 1.93. The average Bonchev–Trinajstić information content (AvgIpc) is 1.59. The molecule has 0 saturated carbocycles. The number of nitrogens with zero attached hydrogens (tertiary/aromatic N) is 1. The minimum atomic E-state index is 0.522. The van der Waals surface area contributed by atoms with Crippen LogP contribution in [0.1, 0.15) is 0 Å². The van der Waals surface area contributed by atoms with Crippen LogP contribution in [0.3, 0.4) is 0 Å². The van der Waals surface area contributed by atoms with Crippen LogP contribution in [0.2, 0.25) is 5.15 Å². The second kappa shape index (κ2) is 3.16. The zero-order chi connectivity index (χ0) is 6.85. The van der Waals surface area contributed by atoms with Crippen molar-refractivity contribution in [3.63, 3.8) is 0 Å². The molecular formula is C5H2BrClIN. The van der Waals surface area contributed by atoms with Crippen molar-refractivity contribution in [2.45, 2.75) is 0 Å². The Morgan fingerprint density at radius 3 is 2.67 bits per heavy atom. The Morgan fingerprint density at radius 1 is 1.56 bits per heavy atom. The molecule has 0 aliphatic heterocycles. The minimum absolute atomic E-state index is 0.522. The van der Waals surface area contributed by atoms with Gasteiger partial charge >= 0.3 is 0 Å². The maximum absolute atomic E-state index is 5.60. The topological polar surface area (TPSA) is 12.9 Å². The highest BCUT2D eigenvalue weighted by Crippen LogP contribution is 2.16. The Hall–Kier alpha value is 0.650. The summed E-state index contributed by atoms with van der Waals surface area (Å²) in [6, 6.07) is 3.65. The molecule has 0 aliphatic carbocycles. The Bertz CT molecular complexity index is 178. The number of hydrogen-bond donors (Lipinski definition) is 0. The van der Waals surface area contributed by atoms with Crippen molar-refractivity contribution in [2.24, 2.45) is 0 Å². The summed E-state index contributed by atoms with van der Waals surface area (Å²) in [6.45, 7) is 0. The molecule has 0 spiro atoms. The quantitative estimate of drug-likeness (QED) is 0.529. The molecular weight excluding hydrogens is 316 g/mol. The first-order chi connectivity index (χ1) is 4.18. The summed E-state index contributed by atoms with van der Waals surface area (Å²) in [4.78, 5) is 3.96. The second-order valence-electron chi connectivity index (χ2n) is 1.43. The molecule has 1 aromatic rings. The molecule has 1 heterocycles. The van der Waals surface area contributed by atoms with E-state index in [0.29, 0.717) is 5.15 Å². The van der Waals surface area contributed by atoms with Gasteiger partial charge in [0.05, 0.1) is 0 Å². The van der Waals surface area contributed by atoms with E-state index in [2.05, 4.69) is 43.5 Å². The molecule has 1 rings (SSSR count). The molecule has 4 heteroatoms. The minimum Gasteiger partial charge on any atom is -0.230 e. The summed E-state index contributed by atoms with van der Waals surface area (Å²) in [7, 11) is 0. The first kappa shape index (κ1) is 7.75. The Labute approximate surface area is 80.1 Å². The molecule has 0 radical (unpaired) electrons. The van der Waals surface area contributed by atoms with Crippen LogP contribution in [0.4, 0.5) is 0 Å². The lowest BCUT2D eigenvalue weighted by atomic mass is 10.5. The molecule has 0 aromatic carbocycles. The monoisotopic (exact) mass is 317 g/mol. The Morgan fingerprint density at radius 2 is 2.22 bits per heavy atom. The van der Waals surface area contributed by atoms with Crippen LogP contribution in [0.25, 0.3) is 0 Å². The third-order valence-electron chi connectivity index (χ3n) is 0.728. The van der Waals surface area contributed by atoms with Gasteiger partial charge in [0.2, 0.25) is 0 Å². The van der Waals surface area contributed by atoms with Gasteiger partial charge in [0.1, 0.15) is 8.85 Å². The second-order valence-corrected chi connectivity index (χ2v) is 3.84. The van der Waals surface area contributed by atoms with Crippen LogP contribution < -0.4 is 0 Å². The highest BCUT2D eigenvalue weighted by molar-refractivity contribution is 14.1. The lowest BCUT2D eigenvalue weighted by molar-refractivity contribution is 1.26. The lowest BCUT2D eigenvalue weighted by Gasteiger charge is -1.91. The molecule has 0 amide bonds. The maximum atomic E-state index is 5.60. The molecule has 1 nitrogen and oxygen atoms in total. The summed E-state index contributed by atoms with van der Waals surface area (Å²) in [5.41, 5.74) is 0. The fourth-order valence-corrected chi connectivity index (χ4v) is 2.38. The standard InChI is InChI=1S/C5H2BrClIN/c6-3-1-4(7)9-5(8)2-3/h1-2H. The summed E-state index contributed by atoms with van der Waals surface area (Å²) < 4.78 is 1.86. The van der Waals surface area contributed by atoms with E-state index in [1.165, 1.54) is 0 Å². The lowest BCUT2D eigenvalue weighted by Crippen LogP contribution is -1.79. The van der Waals surface area contributed by atoms with Crippen molar-refractivity contribution in [1.29, 1.82) is 0 Å². The van der Waals surface area contributed by atoms with E-state index in [1.807, 2.05) is 6.07 Å². The first-order valence-corrected chi connectivity index (χ1v) is 4.42. The van der Waals surface area contributed by atoms with E-state index in [9.17, 15) is 0 Å². The Balaban J connectivity index is 3.17. The van der Waals surface area contributed by atoms with Crippen molar-refractivity contribution < 1.29 is 0 Å². The van der Waals surface area contributed by atoms with Gasteiger partial charge in [0.25, 0.3) is 0 Å². The fraction of sp³-hybridized carbons (Fsp3) is 0. The smallest absolute Gasteiger partial charge is 0.131 e. The number of pyridine rings is 1. The molecule has 0 fully saturated rings. The average molecular weight is 318 g/mol. The van der Waals surface area contributed by atoms with Crippen LogP contribution in [0.5, 0.6) is 0 Å². The van der Waals surface area contributed by atoms with Gasteiger partial charge in [-0.05, 0) is 34.7 Å². The van der Waals surface area contributed by atoms with Gasteiger partial charge in [-0.3, -0.25) is 0 Å². The van der Waals surface area contributed by atoms with E-state index >= 15 is 0 Å². The summed E-state index contributed by atoms with van der Waals surface area (Å²) >= 11 is 11.0. The van der Waals surface area contributed by atoms with E-state index < -0.39 is 0 Å². The molecule has 0 bridgehead atoms. The largest absolute Gasteiger partial charge is 0.230 e. The molecule has 0 N–H and O–H groups in total. The van der Waals surface area contributed by atoms with Crippen molar-refractivity contribution >= 4 is 50.1 Å². The van der Waals surface area contributed by atoms with Crippen molar-refractivity contribution in [1.82, 2.24) is 4.98 Å². The van der Waals surface area contributed by atoms with Gasteiger partial charge in [-0.25, -0.2) is 4.98 Å². The maximum Gasteiger partial charge on any atom is 0.131 e. The van der Waals surface area contributed by atoms with E-state index in [1.54, 1.807) is 6.07 Å². The van der Waals surface area contributed by atoms with Crippen LogP contribution >= 0.6 is 50.1 Å². The van der Waals surface area contributed by atoms with Crippen LogP contribution in [0.15, 0.2) is 16.6 Å². The van der Waals surface area contributed by atoms with Gasteiger partial charge in [-0.1, -0.05) is 27.5 Å². The molecule has 0 atom stereocenters. The van der Waals surface area contributed by atoms with Gasteiger partial charge in [-0.2, -0.15) is 0 Å². The summed E-state index contributed by atoms with van der Waals surface area (Å²) in [6.07, 6.45) is 0. The number of rotatable bonds is 0. The predicted octanol–water partition coefficient (Wildman–Crippen LogP) is 3.10. The third-order valence-corrected chi connectivity index (χ3v) is 1.93. The van der Waals surface area contributed by atoms with Crippen molar-refractivity contribution in [3.8, 4) is 0 Å². The summed E-state index contributed by atoms with van der Waals surface area (Å²) in [5.74, 6) is 0. The molecule has 0 aliphatic rings. The number of halogens is 3. The molecule has 48 valence electrons. The van der Waals surface area contributed by atoms with E-state index in [4.69, 9.17) is 11.6 Å². The van der Waals surface area contributed by atoms with Gasteiger partial charge in [-0.15, -0.1) is 0 Å². The molecule has 0 saturated heterocycles. The zero-order valence-electron chi connectivity index (χ0n) is 4.24. The van der Waals surface area contributed by atoms with Crippen LogP contribution in [0, 0.1) is 3.70 Å². The Kier molecular flexibility index (Phi) is 2.73.